The van der Waals surface area contributed by atoms with E-state index in [2.05, 4.69) is 4.98 Å². The summed E-state index contributed by atoms with van der Waals surface area (Å²) in [7, 11) is 0. The van der Waals surface area contributed by atoms with Crippen LogP contribution in [0.15, 0.2) is 103 Å². The molecule has 4 aromatic rings. The quantitative estimate of drug-likeness (QED) is 0.202. The van der Waals surface area contributed by atoms with Gasteiger partial charge in [-0.2, -0.15) is 0 Å². The highest BCUT2D eigenvalue weighted by Gasteiger charge is 2.19. The van der Waals surface area contributed by atoms with Gasteiger partial charge in [0.05, 0.1) is 7.98 Å². The summed E-state index contributed by atoms with van der Waals surface area (Å²) in [5, 5.41) is 8.86. The Morgan fingerprint density at radius 3 is 2.36 bits per heavy atom. The smallest absolute Gasteiger partial charge is 0.254 e. The second-order valence-corrected chi connectivity index (χ2v) is 9.26. The fraction of sp³-hybridized carbons (Fsp3) is 0.242. The van der Waals surface area contributed by atoms with Gasteiger partial charge in [0.25, 0.3) is 5.91 Å². The van der Waals surface area contributed by atoms with E-state index in [1.54, 1.807) is 29.4 Å². The number of pyridine rings is 1. The largest absolute Gasteiger partial charge is 0.493 e. The molecule has 1 N–H and O–H groups in total. The van der Waals surface area contributed by atoms with E-state index in [1.807, 2.05) is 78.9 Å². The van der Waals surface area contributed by atoms with Gasteiger partial charge in [-0.25, -0.2) is 0 Å². The fourth-order valence-electron chi connectivity index (χ4n) is 4.21. The molecule has 1 aromatic heterocycles. The number of aliphatic hydroxyl groups is 1. The Bertz CT molecular complexity index is 1360. The highest BCUT2D eigenvalue weighted by Crippen LogP contribution is 2.24. The molecule has 1 heterocycles. The first kappa shape index (κ1) is 26.3. The van der Waals surface area contributed by atoms with E-state index in [0.717, 1.165) is 29.5 Å². The van der Waals surface area contributed by atoms with Crippen LogP contribution in [0.3, 0.4) is 0 Å². The number of hydrogen-bond acceptors (Lipinski definition) is 5. The predicted octanol–water partition coefficient (Wildman–Crippen LogP) is 6.09. The number of amides is 1. The van der Waals surface area contributed by atoms with Crippen molar-refractivity contribution in [2.24, 2.45) is 0 Å². The van der Waals surface area contributed by atoms with E-state index in [9.17, 15) is 11.0 Å². The average Bonchev–Trinajstić information content (AvgIpc) is 3.02. The normalized spacial score (nSPS) is 11.9. The van der Waals surface area contributed by atoms with Gasteiger partial charge in [0, 0.05) is 43.0 Å². The molecule has 0 saturated carbocycles. The molecule has 39 heavy (non-hydrogen) atoms. The number of aromatic nitrogens is 1. The Balaban J connectivity index is 1.51. The van der Waals surface area contributed by atoms with Crippen LogP contribution >= 0.6 is 0 Å². The number of benzene rings is 3. The summed E-state index contributed by atoms with van der Waals surface area (Å²) in [6, 6.07) is 28.2. The van der Waals surface area contributed by atoms with Gasteiger partial charge in [-0.3, -0.25) is 14.6 Å². The second-order valence-electron chi connectivity index (χ2n) is 9.26. The van der Waals surface area contributed by atoms with Crippen molar-refractivity contribution in [2.45, 2.75) is 38.7 Å². The molecule has 1 unspecified atom stereocenters. The Hall–Kier alpha value is -4.29. The van der Waals surface area contributed by atoms with Crippen LogP contribution in [0, 0.1) is 0 Å². The van der Waals surface area contributed by atoms with Crippen LogP contribution in [0.1, 0.15) is 48.5 Å². The van der Waals surface area contributed by atoms with E-state index < -0.39 is 13.1 Å². The van der Waals surface area contributed by atoms with E-state index >= 15 is 0 Å². The first-order valence-corrected chi connectivity index (χ1v) is 13.2. The molecule has 1 amide bonds. The minimum Gasteiger partial charge on any atom is -0.493 e. The summed E-state index contributed by atoms with van der Waals surface area (Å²) in [4.78, 5) is 30.8. The van der Waals surface area contributed by atoms with Crippen LogP contribution in [0.2, 0.25) is 0 Å². The lowest BCUT2D eigenvalue weighted by Crippen LogP contribution is -2.30. The van der Waals surface area contributed by atoms with Gasteiger partial charge in [-0.05, 0) is 60.2 Å². The molecule has 0 aliphatic carbocycles. The molecule has 0 radical (unpaired) electrons. The van der Waals surface area contributed by atoms with Crippen molar-refractivity contribution in [1.82, 2.24) is 9.88 Å². The lowest BCUT2D eigenvalue weighted by atomic mass is 10.0. The van der Waals surface area contributed by atoms with Gasteiger partial charge in [-0.15, -0.1) is 0 Å². The van der Waals surface area contributed by atoms with E-state index in [0.29, 0.717) is 36.3 Å². The van der Waals surface area contributed by atoms with Gasteiger partial charge in [0.15, 0.2) is 5.78 Å². The number of rotatable bonds is 14. The highest BCUT2D eigenvalue weighted by atomic mass is 16.5. The van der Waals surface area contributed by atoms with E-state index in [1.165, 1.54) is 0 Å². The number of carbonyl (C=O) groups excluding carboxylic acids is 2. The molecular weight excluding hydrogens is 488 g/mol. The number of ether oxygens (including phenoxy) is 1. The Labute approximate surface area is 231 Å². The molecule has 0 fully saturated rings. The maximum Gasteiger partial charge on any atom is 0.254 e. The summed E-state index contributed by atoms with van der Waals surface area (Å²) in [5.74, 6) is 0.162. The van der Waals surface area contributed by atoms with Crippen molar-refractivity contribution >= 4 is 11.7 Å². The molecule has 4 rings (SSSR count). The number of hydrogen-bond donors (Lipinski definition) is 1. The number of Topliss-reactive ketones (excluding diaryl/α,β-unsaturated/α-hetero) is 1. The van der Waals surface area contributed by atoms with Crippen LogP contribution in [0.25, 0.3) is 11.1 Å². The minimum absolute atomic E-state index is 0.154. The number of para-hydroxylation sites is 1. The van der Waals surface area contributed by atoms with Crippen molar-refractivity contribution < 1.29 is 20.8 Å². The standard InChI is InChI=1S/C33H34N2O4/c36-25-31(37)14-5-2-8-21-39-32-15-7-6-12-30(32)24-35(23-26-10-3-1-4-11-26)33(38)28-18-16-27(17-19-28)29-13-9-20-34-22-29/h1,3-4,6-7,9-13,15-20,22,36H,2,5,8,14,21,23-25H2/i24D. The van der Waals surface area contributed by atoms with Crippen molar-refractivity contribution in [3.8, 4) is 16.9 Å². The van der Waals surface area contributed by atoms with Crippen LogP contribution < -0.4 is 4.74 Å². The Kier molecular flexibility index (Phi) is 9.85. The predicted molar refractivity (Wildman–Crippen MR) is 152 cm³/mol. The van der Waals surface area contributed by atoms with Crippen LogP contribution in [0.4, 0.5) is 0 Å². The van der Waals surface area contributed by atoms with Crippen molar-refractivity contribution in [2.75, 3.05) is 13.2 Å². The van der Waals surface area contributed by atoms with Crippen molar-refractivity contribution in [3.63, 3.8) is 0 Å². The highest BCUT2D eigenvalue weighted by molar-refractivity contribution is 5.94. The summed E-state index contributed by atoms with van der Waals surface area (Å²) in [5.41, 5.74) is 3.95. The first-order chi connectivity index (χ1) is 19.6. The third-order valence-corrected chi connectivity index (χ3v) is 6.33. The molecule has 1 atom stereocenters. The average molecular weight is 524 g/mol. The van der Waals surface area contributed by atoms with Gasteiger partial charge in [-0.1, -0.05) is 66.7 Å². The number of unbranched alkanes of at least 4 members (excludes halogenated alkanes) is 2. The maximum absolute atomic E-state index is 13.8. The summed E-state index contributed by atoms with van der Waals surface area (Å²) in [6.45, 7) is -0.712. The maximum atomic E-state index is 13.8. The Morgan fingerprint density at radius 1 is 0.846 bits per heavy atom. The zero-order chi connectivity index (χ0) is 28.2. The molecule has 0 aliphatic rings. The third-order valence-electron chi connectivity index (χ3n) is 6.33. The van der Waals surface area contributed by atoms with Gasteiger partial charge in [0.2, 0.25) is 0 Å². The number of carbonyl (C=O) groups is 2. The monoisotopic (exact) mass is 523 g/mol. The van der Waals surface area contributed by atoms with E-state index in [-0.39, 0.29) is 18.2 Å². The van der Waals surface area contributed by atoms with Gasteiger partial charge in [0.1, 0.15) is 12.4 Å². The number of ketones is 1. The van der Waals surface area contributed by atoms with Crippen molar-refractivity contribution in [1.29, 1.82) is 0 Å². The van der Waals surface area contributed by atoms with Crippen LogP contribution in [0.5, 0.6) is 5.75 Å². The molecule has 3 aromatic carbocycles. The SMILES string of the molecule is [2H]C(c1ccccc1OCCCCCC(=O)CO)N(Cc1ccccc1)C(=O)c1ccc(-c2cccnc2)cc1. The summed E-state index contributed by atoms with van der Waals surface area (Å²) >= 11 is 0. The molecule has 0 spiro atoms. The van der Waals surface area contributed by atoms with Crippen molar-refractivity contribution in [3.05, 3.63) is 120 Å². The second kappa shape index (κ2) is 14.6. The van der Waals surface area contributed by atoms with Crippen LogP contribution in [-0.2, 0) is 17.9 Å². The lowest BCUT2D eigenvalue weighted by molar-refractivity contribution is -0.121. The van der Waals surface area contributed by atoms with Crippen LogP contribution in [-0.4, -0.2) is 39.9 Å². The Morgan fingerprint density at radius 2 is 1.62 bits per heavy atom. The zero-order valence-corrected chi connectivity index (χ0v) is 21.9. The van der Waals surface area contributed by atoms with Gasteiger partial charge >= 0.3 is 0 Å². The molecule has 0 bridgehead atoms. The molecule has 6 nitrogen and oxygen atoms in total. The molecule has 0 aliphatic heterocycles. The molecular formula is C33H34N2O4. The topological polar surface area (TPSA) is 79.7 Å². The summed E-state index contributed by atoms with van der Waals surface area (Å²) < 4.78 is 15.2. The van der Waals surface area contributed by atoms with E-state index in [4.69, 9.17) is 9.84 Å². The first-order valence-electron chi connectivity index (χ1n) is 13.8. The number of aliphatic hydroxyl groups excluding tert-OH is 1. The number of nitrogens with zero attached hydrogens (tertiary/aromatic N) is 2. The fourth-order valence-corrected chi connectivity index (χ4v) is 4.21. The van der Waals surface area contributed by atoms with Gasteiger partial charge < -0.3 is 14.7 Å². The molecule has 0 saturated heterocycles. The molecule has 6 heteroatoms. The molecule has 200 valence electrons. The zero-order valence-electron chi connectivity index (χ0n) is 22.9. The summed E-state index contributed by atoms with van der Waals surface area (Å²) in [6.07, 6.45) is 6.10. The minimum atomic E-state index is -0.996. The third kappa shape index (κ3) is 8.35. The lowest BCUT2D eigenvalue weighted by Gasteiger charge is -2.24.